The number of sulfonamides is 1. The first-order chi connectivity index (χ1) is 12.3. The fourth-order valence-corrected chi connectivity index (χ4v) is 3.11. The molecule has 0 aromatic heterocycles. The number of amides is 2. The minimum atomic E-state index is -3.66. The summed E-state index contributed by atoms with van der Waals surface area (Å²) in [5.74, 6) is -1.04. The number of benzene rings is 2. The van der Waals surface area contributed by atoms with Crippen molar-refractivity contribution < 1.29 is 22.7 Å². The van der Waals surface area contributed by atoms with Gasteiger partial charge in [0.2, 0.25) is 15.9 Å². The van der Waals surface area contributed by atoms with Gasteiger partial charge in [0.15, 0.2) is 0 Å². The second-order valence-corrected chi connectivity index (χ2v) is 7.08. The molecular formula is C17H19N3O5S. The van der Waals surface area contributed by atoms with Gasteiger partial charge in [0.1, 0.15) is 0 Å². The highest BCUT2D eigenvalue weighted by Crippen LogP contribution is 2.14. The molecule has 4 N–H and O–H groups in total. The van der Waals surface area contributed by atoms with Gasteiger partial charge in [-0.1, -0.05) is 6.07 Å². The van der Waals surface area contributed by atoms with Crippen molar-refractivity contribution in [3.63, 3.8) is 0 Å². The fourth-order valence-electron chi connectivity index (χ4n) is 2.10. The molecular weight excluding hydrogens is 358 g/mol. The molecule has 26 heavy (non-hydrogen) atoms. The summed E-state index contributed by atoms with van der Waals surface area (Å²) in [6.07, 6.45) is 0. The van der Waals surface area contributed by atoms with Crippen LogP contribution >= 0.6 is 0 Å². The first-order valence-corrected chi connectivity index (χ1v) is 9.11. The highest BCUT2D eigenvalue weighted by molar-refractivity contribution is 7.89. The number of rotatable bonds is 8. The number of nitrogens with one attached hydrogen (secondary N) is 2. The number of carbonyl (C=O) groups is 2. The van der Waals surface area contributed by atoms with Crippen LogP contribution in [0, 0.1) is 0 Å². The zero-order chi connectivity index (χ0) is 19.2. The van der Waals surface area contributed by atoms with Crippen LogP contribution in [0.3, 0.4) is 0 Å². The highest BCUT2D eigenvalue weighted by Gasteiger charge is 2.14. The van der Waals surface area contributed by atoms with Crippen molar-refractivity contribution in [1.82, 2.24) is 4.72 Å². The van der Waals surface area contributed by atoms with Crippen LogP contribution in [-0.2, 0) is 14.8 Å². The summed E-state index contributed by atoms with van der Waals surface area (Å²) in [5.41, 5.74) is 6.15. The topological polar surface area (TPSA) is 128 Å². The summed E-state index contributed by atoms with van der Waals surface area (Å²) in [4.78, 5) is 23.5. The van der Waals surface area contributed by atoms with Crippen molar-refractivity contribution >= 4 is 27.5 Å². The molecule has 0 spiro atoms. The number of ether oxygens (including phenoxy) is 1. The Bertz CT molecular complexity index is 895. The lowest BCUT2D eigenvalue weighted by Gasteiger charge is -2.08. The monoisotopic (exact) mass is 377 g/mol. The lowest BCUT2D eigenvalue weighted by Crippen LogP contribution is -2.27. The molecule has 0 aliphatic carbocycles. The van der Waals surface area contributed by atoms with Crippen molar-refractivity contribution in [1.29, 1.82) is 0 Å². The van der Waals surface area contributed by atoms with Gasteiger partial charge in [0.05, 0.1) is 11.5 Å². The first kappa shape index (κ1) is 19.6. The molecule has 2 amide bonds. The van der Waals surface area contributed by atoms with Crippen LogP contribution < -0.4 is 15.8 Å². The molecule has 0 saturated heterocycles. The number of anilines is 1. The zero-order valence-corrected chi connectivity index (χ0v) is 14.9. The SMILES string of the molecule is COCCNS(=O)(=O)c1ccc(C(=O)Nc2cccc(C(N)=O)c2)cc1. The van der Waals surface area contributed by atoms with E-state index in [4.69, 9.17) is 10.5 Å². The maximum absolute atomic E-state index is 12.3. The number of hydrogen-bond acceptors (Lipinski definition) is 5. The first-order valence-electron chi connectivity index (χ1n) is 7.63. The third-order valence-electron chi connectivity index (χ3n) is 3.43. The number of primary amides is 1. The summed E-state index contributed by atoms with van der Waals surface area (Å²) in [7, 11) is -2.19. The molecule has 0 heterocycles. The quantitative estimate of drug-likeness (QED) is 0.591. The smallest absolute Gasteiger partial charge is 0.255 e. The van der Waals surface area contributed by atoms with E-state index < -0.39 is 21.8 Å². The Morgan fingerprint density at radius 2 is 1.77 bits per heavy atom. The highest BCUT2D eigenvalue weighted by atomic mass is 32.2. The molecule has 9 heteroatoms. The summed E-state index contributed by atoms with van der Waals surface area (Å²) in [5, 5.41) is 2.63. The molecule has 2 aromatic rings. The van der Waals surface area contributed by atoms with Crippen LogP contribution in [0.4, 0.5) is 5.69 Å². The molecule has 2 aromatic carbocycles. The average Bonchev–Trinajstić information content (AvgIpc) is 2.62. The van der Waals surface area contributed by atoms with Gasteiger partial charge in [0.25, 0.3) is 5.91 Å². The third-order valence-corrected chi connectivity index (χ3v) is 4.91. The normalized spacial score (nSPS) is 11.1. The van der Waals surface area contributed by atoms with Crippen molar-refractivity contribution in [2.24, 2.45) is 5.73 Å². The maximum Gasteiger partial charge on any atom is 0.255 e. The van der Waals surface area contributed by atoms with E-state index in [1.807, 2.05) is 0 Å². The number of hydrogen-bond donors (Lipinski definition) is 3. The van der Waals surface area contributed by atoms with E-state index in [1.165, 1.54) is 43.5 Å². The zero-order valence-electron chi connectivity index (χ0n) is 14.1. The second kappa shape index (κ2) is 8.56. The van der Waals surface area contributed by atoms with Gasteiger partial charge in [-0.3, -0.25) is 9.59 Å². The van der Waals surface area contributed by atoms with E-state index in [0.29, 0.717) is 5.69 Å². The van der Waals surface area contributed by atoms with E-state index in [9.17, 15) is 18.0 Å². The maximum atomic E-state index is 12.3. The Morgan fingerprint density at radius 3 is 2.38 bits per heavy atom. The standard InChI is InChI=1S/C17H19N3O5S/c1-25-10-9-19-26(23,24)15-7-5-12(6-8-15)17(22)20-14-4-2-3-13(11-14)16(18)21/h2-8,11,19H,9-10H2,1H3,(H2,18,21)(H,20,22). The number of methoxy groups -OCH3 is 1. The van der Waals surface area contributed by atoms with Crippen molar-refractivity contribution in [2.75, 3.05) is 25.6 Å². The van der Waals surface area contributed by atoms with Gasteiger partial charge in [-0.25, -0.2) is 13.1 Å². The molecule has 0 radical (unpaired) electrons. The van der Waals surface area contributed by atoms with Crippen LogP contribution in [0.5, 0.6) is 0 Å². The number of carbonyl (C=O) groups excluding carboxylic acids is 2. The van der Waals surface area contributed by atoms with Gasteiger partial charge in [-0.15, -0.1) is 0 Å². The third kappa shape index (κ3) is 5.12. The Balaban J connectivity index is 2.09. The van der Waals surface area contributed by atoms with E-state index >= 15 is 0 Å². The molecule has 0 saturated carbocycles. The largest absolute Gasteiger partial charge is 0.383 e. The Hall–Kier alpha value is -2.75. The molecule has 2 rings (SSSR count). The minimum Gasteiger partial charge on any atom is -0.383 e. The van der Waals surface area contributed by atoms with E-state index in [-0.39, 0.29) is 29.2 Å². The molecule has 0 bridgehead atoms. The molecule has 0 unspecified atom stereocenters. The van der Waals surface area contributed by atoms with Gasteiger partial charge in [0, 0.05) is 30.5 Å². The van der Waals surface area contributed by atoms with Crippen LogP contribution in [0.1, 0.15) is 20.7 Å². The average molecular weight is 377 g/mol. The molecule has 0 aliphatic heterocycles. The fraction of sp³-hybridized carbons (Fsp3) is 0.176. The summed E-state index contributed by atoms with van der Waals surface area (Å²) >= 11 is 0. The van der Waals surface area contributed by atoms with Crippen LogP contribution in [0.25, 0.3) is 0 Å². The van der Waals surface area contributed by atoms with E-state index in [2.05, 4.69) is 10.0 Å². The molecule has 0 atom stereocenters. The predicted octanol–water partition coefficient (Wildman–Crippen LogP) is 0.962. The second-order valence-electron chi connectivity index (χ2n) is 5.31. The van der Waals surface area contributed by atoms with Gasteiger partial charge < -0.3 is 15.8 Å². The van der Waals surface area contributed by atoms with Crippen molar-refractivity contribution in [3.05, 3.63) is 59.7 Å². The molecule has 0 aliphatic rings. The summed E-state index contributed by atoms with van der Waals surface area (Å²) in [6, 6.07) is 11.7. The van der Waals surface area contributed by atoms with Crippen LogP contribution in [0.15, 0.2) is 53.4 Å². The van der Waals surface area contributed by atoms with E-state index in [0.717, 1.165) is 0 Å². The van der Waals surface area contributed by atoms with E-state index in [1.54, 1.807) is 12.1 Å². The van der Waals surface area contributed by atoms with Crippen molar-refractivity contribution in [3.8, 4) is 0 Å². The Morgan fingerprint density at radius 1 is 1.08 bits per heavy atom. The minimum absolute atomic E-state index is 0.0425. The molecule has 8 nitrogen and oxygen atoms in total. The van der Waals surface area contributed by atoms with Gasteiger partial charge in [-0.05, 0) is 42.5 Å². The van der Waals surface area contributed by atoms with Gasteiger partial charge in [-0.2, -0.15) is 0 Å². The lowest BCUT2D eigenvalue weighted by atomic mass is 10.1. The Labute approximate surface area is 151 Å². The number of nitrogens with two attached hydrogens (primary N) is 1. The summed E-state index contributed by atoms with van der Waals surface area (Å²) < 4.78 is 31.3. The molecule has 0 fully saturated rings. The Kier molecular flexibility index (Phi) is 6.45. The summed E-state index contributed by atoms with van der Waals surface area (Å²) in [6.45, 7) is 0.404. The van der Waals surface area contributed by atoms with Crippen LogP contribution in [-0.4, -0.2) is 40.5 Å². The van der Waals surface area contributed by atoms with Crippen LogP contribution in [0.2, 0.25) is 0 Å². The lowest BCUT2D eigenvalue weighted by molar-refractivity contribution is 0.0996. The van der Waals surface area contributed by atoms with Crippen molar-refractivity contribution in [2.45, 2.75) is 4.90 Å². The van der Waals surface area contributed by atoms with Gasteiger partial charge >= 0.3 is 0 Å². The predicted molar refractivity (Wildman–Crippen MR) is 96.4 cm³/mol. The molecule has 138 valence electrons.